The molecule has 1 aromatic carbocycles. The molecule has 1 aromatic heterocycles. The highest BCUT2D eigenvalue weighted by Crippen LogP contribution is 2.40. The molecule has 2 aliphatic heterocycles. The highest BCUT2D eigenvalue weighted by Gasteiger charge is 2.44. The molecule has 1 saturated heterocycles. The third kappa shape index (κ3) is 3.87. The number of ketones is 1. The van der Waals surface area contributed by atoms with Gasteiger partial charge in [0, 0.05) is 19.4 Å². The number of benzene rings is 1. The Morgan fingerprint density at radius 1 is 1.34 bits per heavy atom. The van der Waals surface area contributed by atoms with E-state index in [2.05, 4.69) is 15.5 Å². The number of hydrogen-bond donors (Lipinski definition) is 1. The van der Waals surface area contributed by atoms with Crippen LogP contribution in [0.25, 0.3) is 0 Å². The number of anilines is 1. The molecule has 1 N–H and O–H groups in total. The van der Waals surface area contributed by atoms with E-state index >= 15 is 0 Å². The maximum absolute atomic E-state index is 12.8. The molecule has 2 aliphatic rings. The minimum absolute atomic E-state index is 0.0397. The summed E-state index contributed by atoms with van der Waals surface area (Å²) in [6.45, 7) is 3.98. The standard InChI is InChI=1S/C20H22N4O4S/c1-12-3-4-16-14(9-12)15(25)10-20(28-16)6-5-17(26)24(8-7-20)13(2)18(27)22-19-23-21-11-29-19/h3-4,9,11,13H,5-8,10H2,1-2H3,(H,22,23,27)/t13-,20-/m1/s1. The number of fused-ring (bicyclic) bond motifs is 1. The Balaban J connectivity index is 1.49. The molecule has 0 unspecified atom stereocenters. The summed E-state index contributed by atoms with van der Waals surface area (Å²) in [5.41, 5.74) is 2.43. The van der Waals surface area contributed by atoms with Crippen molar-refractivity contribution >= 4 is 34.1 Å². The number of carbonyl (C=O) groups is 3. The molecule has 4 rings (SSSR count). The predicted octanol–water partition coefficient (Wildman–Crippen LogP) is 2.59. The first-order valence-corrected chi connectivity index (χ1v) is 10.4. The van der Waals surface area contributed by atoms with Gasteiger partial charge in [-0.05, 0) is 32.4 Å². The first kappa shape index (κ1) is 19.5. The van der Waals surface area contributed by atoms with E-state index in [1.54, 1.807) is 11.8 Å². The summed E-state index contributed by atoms with van der Waals surface area (Å²) in [4.78, 5) is 39.6. The lowest BCUT2D eigenvalue weighted by molar-refractivity contribution is -0.137. The number of rotatable bonds is 3. The number of amides is 2. The number of aromatic nitrogens is 2. The predicted molar refractivity (Wildman–Crippen MR) is 107 cm³/mol. The number of nitrogens with zero attached hydrogens (tertiary/aromatic N) is 3. The summed E-state index contributed by atoms with van der Waals surface area (Å²) in [5, 5.41) is 10.6. The Morgan fingerprint density at radius 2 is 2.17 bits per heavy atom. The number of hydrogen-bond acceptors (Lipinski definition) is 7. The Kier molecular flexibility index (Phi) is 5.08. The van der Waals surface area contributed by atoms with E-state index in [0.717, 1.165) is 5.56 Å². The van der Waals surface area contributed by atoms with E-state index in [9.17, 15) is 14.4 Å². The van der Waals surface area contributed by atoms with Crippen LogP contribution in [0, 0.1) is 6.92 Å². The van der Waals surface area contributed by atoms with Gasteiger partial charge in [-0.2, -0.15) is 0 Å². The molecule has 0 saturated carbocycles. The summed E-state index contributed by atoms with van der Waals surface area (Å²) in [6.07, 6.45) is 1.42. The fourth-order valence-corrected chi connectivity index (χ4v) is 4.38. The van der Waals surface area contributed by atoms with Crippen molar-refractivity contribution in [2.24, 2.45) is 0 Å². The van der Waals surface area contributed by atoms with Crippen molar-refractivity contribution in [2.45, 2.75) is 51.2 Å². The van der Waals surface area contributed by atoms with Crippen molar-refractivity contribution in [1.82, 2.24) is 15.1 Å². The number of likely N-dealkylation sites (tertiary alicyclic amines) is 1. The van der Waals surface area contributed by atoms with Gasteiger partial charge in [-0.25, -0.2) is 0 Å². The minimum Gasteiger partial charge on any atom is -0.486 e. The van der Waals surface area contributed by atoms with Gasteiger partial charge in [-0.3, -0.25) is 19.7 Å². The zero-order chi connectivity index (χ0) is 20.6. The van der Waals surface area contributed by atoms with Gasteiger partial charge in [0.1, 0.15) is 22.9 Å². The largest absolute Gasteiger partial charge is 0.486 e. The third-order valence-electron chi connectivity index (χ3n) is 5.60. The minimum atomic E-state index is -0.709. The van der Waals surface area contributed by atoms with Gasteiger partial charge in [0.25, 0.3) is 0 Å². The molecule has 3 heterocycles. The van der Waals surface area contributed by atoms with Crippen LogP contribution in [-0.2, 0) is 9.59 Å². The molecule has 1 fully saturated rings. The van der Waals surface area contributed by atoms with Gasteiger partial charge >= 0.3 is 0 Å². The van der Waals surface area contributed by atoms with Gasteiger partial charge in [0.2, 0.25) is 16.9 Å². The van der Waals surface area contributed by atoms with Crippen LogP contribution in [-0.4, -0.2) is 50.9 Å². The molecule has 0 radical (unpaired) electrons. The van der Waals surface area contributed by atoms with Crippen LogP contribution >= 0.6 is 11.3 Å². The fourth-order valence-electron chi connectivity index (χ4n) is 3.93. The van der Waals surface area contributed by atoms with E-state index in [-0.39, 0.29) is 30.4 Å². The van der Waals surface area contributed by atoms with E-state index in [4.69, 9.17) is 4.74 Å². The Bertz CT molecular complexity index is 961. The van der Waals surface area contributed by atoms with Gasteiger partial charge < -0.3 is 9.64 Å². The number of ether oxygens (including phenoxy) is 1. The van der Waals surface area contributed by atoms with Crippen molar-refractivity contribution < 1.29 is 19.1 Å². The van der Waals surface area contributed by atoms with E-state index in [1.165, 1.54) is 16.8 Å². The molecule has 29 heavy (non-hydrogen) atoms. The highest BCUT2D eigenvalue weighted by molar-refractivity contribution is 7.13. The molecule has 0 aliphatic carbocycles. The molecule has 8 nitrogen and oxygen atoms in total. The molecule has 2 atom stereocenters. The van der Waals surface area contributed by atoms with E-state index < -0.39 is 11.6 Å². The zero-order valence-electron chi connectivity index (χ0n) is 16.3. The zero-order valence-corrected chi connectivity index (χ0v) is 17.1. The van der Waals surface area contributed by atoms with Gasteiger partial charge in [-0.1, -0.05) is 23.0 Å². The Labute approximate surface area is 172 Å². The molecule has 152 valence electrons. The normalized spacial score (nSPS) is 22.6. The van der Waals surface area contributed by atoms with Crippen LogP contribution < -0.4 is 10.1 Å². The molecule has 1 spiro atoms. The van der Waals surface area contributed by atoms with Crippen LogP contribution in [0.1, 0.15) is 48.5 Å². The first-order valence-electron chi connectivity index (χ1n) is 9.56. The van der Waals surface area contributed by atoms with Crippen molar-refractivity contribution in [2.75, 3.05) is 11.9 Å². The lowest BCUT2D eigenvalue weighted by atomic mass is 9.84. The van der Waals surface area contributed by atoms with Crippen LogP contribution in [0.3, 0.4) is 0 Å². The molecule has 0 bridgehead atoms. The van der Waals surface area contributed by atoms with Gasteiger partial charge in [-0.15, -0.1) is 10.2 Å². The van der Waals surface area contributed by atoms with Crippen LogP contribution in [0.2, 0.25) is 0 Å². The number of aryl methyl sites for hydroxylation is 1. The Hall–Kier alpha value is -2.81. The lowest BCUT2D eigenvalue weighted by Gasteiger charge is -2.37. The summed E-state index contributed by atoms with van der Waals surface area (Å²) in [6, 6.07) is 4.93. The second-order valence-electron chi connectivity index (χ2n) is 7.63. The van der Waals surface area contributed by atoms with Crippen molar-refractivity contribution in [3.8, 4) is 5.75 Å². The molecule has 9 heteroatoms. The topological polar surface area (TPSA) is 101 Å². The van der Waals surface area contributed by atoms with E-state index in [1.807, 2.05) is 25.1 Å². The van der Waals surface area contributed by atoms with E-state index in [0.29, 0.717) is 35.8 Å². The van der Waals surface area contributed by atoms with Crippen molar-refractivity contribution in [3.05, 3.63) is 34.8 Å². The number of Topliss-reactive ketones (excluding diaryl/α,β-unsaturated/α-hetero) is 1. The average molecular weight is 414 g/mol. The Morgan fingerprint density at radius 3 is 2.93 bits per heavy atom. The second kappa shape index (κ2) is 7.55. The summed E-state index contributed by atoms with van der Waals surface area (Å²) >= 11 is 1.22. The SMILES string of the molecule is Cc1ccc2c(c1)C(=O)C[C@]1(CCC(=O)N([C@H](C)C(=O)Nc3nncs3)CC1)O2. The second-order valence-corrected chi connectivity index (χ2v) is 8.46. The maximum atomic E-state index is 12.8. The lowest BCUT2D eigenvalue weighted by Crippen LogP contribution is -2.46. The molecule has 2 aromatic rings. The van der Waals surface area contributed by atoms with Crippen molar-refractivity contribution in [1.29, 1.82) is 0 Å². The van der Waals surface area contributed by atoms with Crippen LogP contribution in [0.15, 0.2) is 23.7 Å². The highest BCUT2D eigenvalue weighted by atomic mass is 32.1. The summed E-state index contributed by atoms with van der Waals surface area (Å²) in [5.74, 6) is 0.188. The summed E-state index contributed by atoms with van der Waals surface area (Å²) < 4.78 is 6.27. The van der Waals surface area contributed by atoms with Crippen LogP contribution in [0.4, 0.5) is 5.13 Å². The smallest absolute Gasteiger partial charge is 0.248 e. The quantitative estimate of drug-likeness (QED) is 0.828. The average Bonchev–Trinajstić information content (AvgIpc) is 3.14. The van der Waals surface area contributed by atoms with Gasteiger partial charge in [0.05, 0.1) is 12.0 Å². The monoisotopic (exact) mass is 414 g/mol. The third-order valence-corrected chi connectivity index (χ3v) is 6.21. The summed E-state index contributed by atoms with van der Waals surface area (Å²) in [7, 11) is 0. The first-order chi connectivity index (χ1) is 13.9. The molecular weight excluding hydrogens is 392 g/mol. The fraction of sp³-hybridized carbons (Fsp3) is 0.450. The van der Waals surface area contributed by atoms with Gasteiger partial charge in [0.15, 0.2) is 5.78 Å². The number of carbonyl (C=O) groups excluding carboxylic acids is 3. The number of nitrogens with one attached hydrogen (secondary N) is 1. The molecule has 2 amide bonds. The molecular formula is C20H22N4O4S. The maximum Gasteiger partial charge on any atom is 0.248 e. The van der Waals surface area contributed by atoms with Crippen LogP contribution in [0.5, 0.6) is 5.75 Å². The van der Waals surface area contributed by atoms with Crippen molar-refractivity contribution in [3.63, 3.8) is 0 Å².